The Hall–Kier alpha value is -1.27. The van der Waals surface area contributed by atoms with Gasteiger partial charge in [0.1, 0.15) is 11.5 Å². The van der Waals surface area contributed by atoms with Gasteiger partial charge in [-0.05, 0) is 22.0 Å². The third-order valence-electron chi connectivity index (χ3n) is 2.30. The summed E-state index contributed by atoms with van der Waals surface area (Å²) in [5, 5.41) is 8.72. The number of halogens is 1. The predicted molar refractivity (Wildman–Crippen MR) is 66.4 cm³/mol. The molecule has 0 amide bonds. The minimum atomic E-state index is -0.952. The summed E-state index contributed by atoms with van der Waals surface area (Å²) in [5.41, 5.74) is 6.44. The summed E-state index contributed by atoms with van der Waals surface area (Å²) in [7, 11) is 3.04. The SMILES string of the molecule is COc1cc(OC)c(C(N)CC(=O)O)cc1Br. The number of ether oxygens (including phenoxy) is 2. The highest BCUT2D eigenvalue weighted by Crippen LogP contribution is 2.35. The molecule has 0 aliphatic carbocycles. The van der Waals surface area contributed by atoms with Crippen LogP contribution in [-0.4, -0.2) is 25.3 Å². The van der Waals surface area contributed by atoms with Crippen molar-refractivity contribution in [3.63, 3.8) is 0 Å². The Morgan fingerprint density at radius 1 is 1.41 bits per heavy atom. The normalized spacial score (nSPS) is 12.0. The third kappa shape index (κ3) is 3.34. The van der Waals surface area contributed by atoms with E-state index in [-0.39, 0.29) is 6.42 Å². The van der Waals surface area contributed by atoms with Crippen LogP contribution in [0.3, 0.4) is 0 Å². The zero-order chi connectivity index (χ0) is 13.0. The average molecular weight is 304 g/mol. The fourth-order valence-electron chi connectivity index (χ4n) is 1.47. The first-order valence-corrected chi connectivity index (χ1v) is 5.67. The van der Waals surface area contributed by atoms with Crippen molar-refractivity contribution >= 4 is 21.9 Å². The fourth-order valence-corrected chi connectivity index (χ4v) is 1.99. The highest BCUT2D eigenvalue weighted by atomic mass is 79.9. The molecule has 0 aromatic heterocycles. The number of hydrogen-bond acceptors (Lipinski definition) is 4. The van der Waals surface area contributed by atoms with Gasteiger partial charge in [0.15, 0.2) is 0 Å². The summed E-state index contributed by atoms with van der Waals surface area (Å²) in [4.78, 5) is 10.6. The molecule has 1 unspecified atom stereocenters. The van der Waals surface area contributed by atoms with Gasteiger partial charge in [-0.25, -0.2) is 0 Å². The maximum atomic E-state index is 10.6. The highest BCUT2D eigenvalue weighted by Gasteiger charge is 2.17. The first-order chi connectivity index (χ1) is 7.99. The Morgan fingerprint density at radius 3 is 2.47 bits per heavy atom. The molecule has 1 atom stereocenters. The van der Waals surface area contributed by atoms with Gasteiger partial charge in [0.25, 0.3) is 0 Å². The highest BCUT2D eigenvalue weighted by molar-refractivity contribution is 9.10. The molecule has 1 aromatic carbocycles. The van der Waals surface area contributed by atoms with E-state index in [1.165, 1.54) is 14.2 Å². The monoisotopic (exact) mass is 303 g/mol. The van der Waals surface area contributed by atoms with Crippen molar-refractivity contribution in [2.75, 3.05) is 14.2 Å². The van der Waals surface area contributed by atoms with Crippen LogP contribution in [0.4, 0.5) is 0 Å². The molecule has 0 radical (unpaired) electrons. The van der Waals surface area contributed by atoms with Crippen LogP contribution in [0.25, 0.3) is 0 Å². The van der Waals surface area contributed by atoms with Crippen LogP contribution >= 0.6 is 15.9 Å². The molecule has 94 valence electrons. The average Bonchev–Trinajstić information content (AvgIpc) is 2.27. The topological polar surface area (TPSA) is 81.8 Å². The molecule has 0 aliphatic rings. The number of hydrogen-bond donors (Lipinski definition) is 2. The van der Waals surface area contributed by atoms with Crippen molar-refractivity contribution in [1.29, 1.82) is 0 Å². The number of nitrogens with two attached hydrogens (primary N) is 1. The molecule has 0 heterocycles. The van der Waals surface area contributed by atoms with Crippen LogP contribution in [-0.2, 0) is 4.79 Å². The van der Waals surface area contributed by atoms with Gasteiger partial charge in [0.2, 0.25) is 0 Å². The molecular formula is C11H14BrNO4. The molecule has 0 saturated carbocycles. The lowest BCUT2D eigenvalue weighted by atomic mass is 10.0. The van der Waals surface area contributed by atoms with E-state index >= 15 is 0 Å². The van der Waals surface area contributed by atoms with Gasteiger partial charge in [0.05, 0.1) is 25.1 Å². The van der Waals surface area contributed by atoms with Gasteiger partial charge >= 0.3 is 5.97 Å². The Labute approximate surface area is 108 Å². The van der Waals surface area contributed by atoms with Crippen LogP contribution < -0.4 is 15.2 Å². The Balaban J connectivity index is 3.13. The van der Waals surface area contributed by atoms with E-state index in [0.29, 0.717) is 21.5 Å². The Kier molecular flexibility index (Phi) is 4.77. The molecule has 0 fully saturated rings. The smallest absolute Gasteiger partial charge is 0.305 e. The number of aliphatic carboxylic acids is 1. The summed E-state index contributed by atoms with van der Waals surface area (Å²) in [6.07, 6.45) is -0.158. The van der Waals surface area contributed by atoms with E-state index in [1.807, 2.05) is 0 Å². The summed E-state index contributed by atoms with van der Waals surface area (Å²) >= 11 is 3.32. The lowest BCUT2D eigenvalue weighted by Crippen LogP contribution is -2.16. The van der Waals surface area contributed by atoms with Crippen molar-refractivity contribution < 1.29 is 19.4 Å². The first kappa shape index (κ1) is 13.8. The molecular weight excluding hydrogens is 290 g/mol. The number of rotatable bonds is 5. The van der Waals surface area contributed by atoms with Crippen LogP contribution in [0.1, 0.15) is 18.0 Å². The predicted octanol–water partition coefficient (Wildman–Crippen LogP) is 1.94. The number of carbonyl (C=O) groups is 1. The Morgan fingerprint density at radius 2 is 2.00 bits per heavy atom. The van der Waals surface area contributed by atoms with Gasteiger partial charge in [-0.3, -0.25) is 4.79 Å². The lowest BCUT2D eigenvalue weighted by Gasteiger charge is -2.16. The fraction of sp³-hybridized carbons (Fsp3) is 0.364. The number of carboxylic acid groups (broad SMARTS) is 1. The molecule has 0 saturated heterocycles. The minimum Gasteiger partial charge on any atom is -0.496 e. The van der Waals surface area contributed by atoms with Crippen molar-refractivity contribution in [3.8, 4) is 11.5 Å². The number of carboxylic acids is 1. The zero-order valence-electron chi connectivity index (χ0n) is 9.57. The second kappa shape index (κ2) is 5.88. The molecule has 1 aromatic rings. The quantitative estimate of drug-likeness (QED) is 0.869. The van der Waals surface area contributed by atoms with Crippen LogP contribution in [0.5, 0.6) is 11.5 Å². The van der Waals surface area contributed by atoms with Gasteiger partial charge in [-0.15, -0.1) is 0 Å². The molecule has 0 aliphatic heterocycles. The second-order valence-electron chi connectivity index (χ2n) is 3.43. The molecule has 1 rings (SSSR count). The largest absolute Gasteiger partial charge is 0.496 e. The van der Waals surface area contributed by atoms with Crippen LogP contribution in [0.15, 0.2) is 16.6 Å². The third-order valence-corrected chi connectivity index (χ3v) is 2.92. The first-order valence-electron chi connectivity index (χ1n) is 4.88. The number of benzene rings is 1. The Bertz CT molecular complexity index is 422. The maximum Gasteiger partial charge on any atom is 0.305 e. The molecule has 17 heavy (non-hydrogen) atoms. The van der Waals surface area contributed by atoms with E-state index < -0.39 is 12.0 Å². The number of methoxy groups -OCH3 is 2. The second-order valence-corrected chi connectivity index (χ2v) is 4.29. The van der Waals surface area contributed by atoms with Crippen LogP contribution in [0, 0.1) is 0 Å². The molecule has 5 nitrogen and oxygen atoms in total. The zero-order valence-corrected chi connectivity index (χ0v) is 11.2. The van der Waals surface area contributed by atoms with Crippen molar-refractivity contribution in [3.05, 3.63) is 22.2 Å². The van der Waals surface area contributed by atoms with E-state index in [0.717, 1.165) is 0 Å². The van der Waals surface area contributed by atoms with E-state index in [4.69, 9.17) is 20.3 Å². The minimum absolute atomic E-state index is 0.158. The standard InChI is InChI=1S/C11H14BrNO4/c1-16-9-5-10(17-2)7(12)3-6(9)8(13)4-11(14)15/h3,5,8H,4,13H2,1-2H3,(H,14,15). The maximum absolute atomic E-state index is 10.6. The van der Waals surface area contributed by atoms with Gasteiger partial charge in [0, 0.05) is 17.7 Å². The summed E-state index contributed by atoms with van der Waals surface area (Å²) < 4.78 is 11.0. The van der Waals surface area contributed by atoms with Crippen molar-refractivity contribution in [2.24, 2.45) is 5.73 Å². The van der Waals surface area contributed by atoms with E-state index in [2.05, 4.69) is 15.9 Å². The van der Waals surface area contributed by atoms with E-state index in [9.17, 15) is 4.79 Å². The van der Waals surface area contributed by atoms with Crippen LogP contribution in [0.2, 0.25) is 0 Å². The summed E-state index contributed by atoms with van der Waals surface area (Å²) in [5.74, 6) is 0.165. The summed E-state index contributed by atoms with van der Waals surface area (Å²) in [6.45, 7) is 0. The van der Waals surface area contributed by atoms with E-state index in [1.54, 1.807) is 12.1 Å². The van der Waals surface area contributed by atoms with Gasteiger partial charge in [-0.1, -0.05) is 0 Å². The van der Waals surface area contributed by atoms with Gasteiger partial charge < -0.3 is 20.3 Å². The summed E-state index contributed by atoms with van der Waals surface area (Å²) in [6, 6.07) is 2.76. The lowest BCUT2D eigenvalue weighted by molar-refractivity contribution is -0.137. The van der Waals surface area contributed by atoms with Crippen molar-refractivity contribution in [1.82, 2.24) is 0 Å². The molecule has 0 bridgehead atoms. The molecule has 6 heteroatoms. The molecule has 3 N–H and O–H groups in total. The van der Waals surface area contributed by atoms with Crippen molar-refractivity contribution in [2.45, 2.75) is 12.5 Å². The molecule has 0 spiro atoms. The van der Waals surface area contributed by atoms with Gasteiger partial charge in [-0.2, -0.15) is 0 Å².